The molecule has 1 saturated carbocycles. The molecule has 0 radical (unpaired) electrons. The van der Waals surface area contributed by atoms with Gasteiger partial charge in [-0.15, -0.1) is 0 Å². The SMILES string of the molecule is CN(C)c1nc(NC2CCC(NC(=O)c3ccc(F)cc3F)CC2)nc2ccccc12. The zero-order valence-corrected chi connectivity index (χ0v) is 17.5. The Morgan fingerprint density at radius 1 is 1.00 bits per heavy atom. The number of carbonyl (C=O) groups is 1. The Balaban J connectivity index is 1.38. The van der Waals surface area contributed by atoms with Crippen LogP contribution in [0.1, 0.15) is 36.0 Å². The van der Waals surface area contributed by atoms with Crippen molar-refractivity contribution < 1.29 is 13.6 Å². The van der Waals surface area contributed by atoms with Crippen LogP contribution < -0.4 is 15.5 Å². The second kappa shape index (κ2) is 8.83. The molecule has 31 heavy (non-hydrogen) atoms. The van der Waals surface area contributed by atoms with E-state index in [1.54, 1.807) is 0 Å². The fourth-order valence-electron chi connectivity index (χ4n) is 3.97. The number of nitrogens with one attached hydrogen (secondary N) is 2. The van der Waals surface area contributed by atoms with E-state index in [-0.39, 0.29) is 17.6 Å². The van der Waals surface area contributed by atoms with Crippen LogP contribution in [0.5, 0.6) is 0 Å². The number of fused-ring (bicyclic) bond motifs is 1. The van der Waals surface area contributed by atoms with Crippen molar-refractivity contribution in [3.8, 4) is 0 Å². The zero-order valence-electron chi connectivity index (χ0n) is 17.5. The van der Waals surface area contributed by atoms with Crippen LogP contribution >= 0.6 is 0 Å². The van der Waals surface area contributed by atoms with E-state index < -0.39 is 17.5 Å². The molecule has 0 aliphatic heterocycles. The van der Waals surface area contributed by atoms with Gasteiger partial charge in [-0.05, 0) is 49.9 Å². The Hall–Kier alpha value is -3.29. The molecule has 1 aliphatic rings. The van der Waals surface area contributed by atoms with Crippen LogP contribution in [0.2, 0.25) is 0 Å². The first-order chi connectivity index (χ1) is 14.9. The van der Waals surface area contributed by atoms with E-state index in [9.17, 15) is 13.6 Å². The summed E-state index contributed by atoms with van der Waals surface area (Å²) in [4.78, 5) is 23.6. The van der Waals surface area contributed by atoms with Crippen LogP contribution in [0.15, 0.2) is 42.5 Å². The molecule has 1 aliphatic carbocycles. The Labute approximate surface area is 179 Å². The molecule has 0 saturated heterocycles. The van der Waals surface area contributed by atoms with E-state index in [0.29, 0.717) is 5.95 Å². The van der Waals surface area contributed by atoms with Gasteiger partial charge in [-0.2, -0.15) is 4.98 Å². The number of hydrogen-bond donors (Lipinski definition) is 2. The summed E-state index contributed by atoms with van der Waals surface area (Å²) in [5.74, 6) is -0.618. The maximum absolute atomic E-state index is 13.8. The predicted molar refractivity (Wildman–Crippen MR) is 117 cm³/mol. The summed E-state index contributed by atoms with van der Waals surface area (Å²) < 4.78 is 26.9. The Kier molecular flexibility index (Phi) is 5.97. The fraction of sp³-hybridized carbons (Fsp3) is 0.348. The summed E-state index contributed by atoms with van der Waals surface area (Å²) in [6.07, 6.45) is 3.15. The first kappa shape index (κ1) is 21.0. The van der Waals surface area contributed by atoms with Crippen LogP contribution in [-0.2, 0) is 0 Å². The third-order valence-corrected chi connectivity index (χ3v) is 5.58. The van der Waals surface area contributed by atoms with E-state index in [1.165, 1.54) is 6.07 Å². The number of aromatic nitrogens is 2. The van der Waals surface area contributed by atoms with Gasteiger partial charge >= 0.3 is 0 Å². The van der Waals surface area contributed by atoms with Crippen LogP contribution in [0.25, 0.3) is 10.9 Å². The van der Waals surface area contributed by atoms with Crippen molar-refractivity contribution in [1.82, 2.24) is 15.3 Å². The highest BCUT2D eigenvalue weighted by Crippen LogP contribution is 2.26. The summed E-state index contributed by atoms with van der Waals surface area (Å²) in [5.41, 5.74) is 0.744. The number of nitrogens with zero attached hydrogens (tertiary/aromatic N) is 3. The number of para-hydroxylation sites is 1. The first-order valence-corrected chi connectivity index (χ1v) is 10.4. The standard InChI is InChI=1S/C23H25F2N5O/c1-30(2)21-18-5-3-4-6-20(18)28-23(29-21)27-16-10-8-15(9-11-16)26-22(31)17-12-7-14(24)13-19(17)25/h3-7,12-13,15-16H,8-11H2,1-2H3,(H,26,31)(H,27,28,29). The third-order valence-electron chi connectivity index (χ3n) is 5.58. The number of hydrogen-bond acceptors (Lipinski definition) is 5. The van der Waals surface area contributed by atoms with Gasteiger partial charge in [-0.25, -0.2) is 13.8 Å². The molecular formula is C23H25F2N5O. The minimum atomic E-state index is -0.849. The third kappa shape index (κ3) is 4.73. The van der Waals surface area contributed by atoms with Gasteiger partial charge in [-0.1, -0.05) is 12.1 Å². The average Bonchev–Trinajstić information content (AvgIpc) is 2.74. The molecule has 1 amide bonds. The van der Waals surface area contributed by atoms with Crippen molar-refractivity contribution in [2.24, 2.45) is 0 Å². The molecule has 0 bridgehead atoms. The lowest BCUT2D eigenvalue weighted by Gasteiger charge is -2.30. The Bertz CT molecular complexity index is 1100. The second-order valence-electron chi connectivity index (χ2n) is 8.07. The molecule has 1 aromatic heterocycles. The van der Waals surface area contributed by atoms with Gasteiger partial charge in [0.05, 0.1) is 11.1 Å². The molecule has 4 rings (SSSR count). The maximum atomic E-state index is 13.8. The normalized spacial score (nSPS) is 18.6. The molecule has 8 heteroatoms. The highest BCUT2D eigenvalue weighted by atomic mass is 19.1. The molecule has 3 aromatic rings. The molecule has 0 spiro atoms. The molecular weight excluding hydrogens is 400 g/mol. The fourth-order valence-corrected chi connectivity index (χ4v) is 3.97. The van der Waals surface area contributed by atoms with Crippen molar-refractivity contribution in [3.05, 3.63) is 59.7 Å². The second-order valence-corrected chi connectivity index (χ2v) is 8.07. The highest BCUT2D eigenvalue weighted by Gasteiger charge is 2.24. The quantitative estimate of drug-likeness (QED) is 0.643. The van der Waals surface area contributed by atoms with Gasteiger partial charge in [0.15, 0.2) is 0 Å². The minimum absolute atomic E-state index is 0.0511. The number of anilines is 2. The lowest BCUT2D eigenvalue weighted by molar-refractivity contribution is 0.0922. The van der Waals surface area contributed by atoms with Crippen molar-refractivity contribution in [1.29, 1.82) is 0 Å². The van der Waals surface area contributed by atoms with Crippen LogP contribution in [0, 0.1) is 11.6 Å². The van der Waals surface area contributed by atoms with Crippen LogP contribution in [0.3, 0.4) is 0 Å². The molecule has 0 unspecified atom stereocenters. The largest absolute Gasteiger partial charge is 0.362 e. The summed E-state index contributed by atoms with van der Waals surface area (Å²) in [6, 6.07) is 11.0. The summed E-state index contributed by atoms with van der Waals surface area (Å²) in [5, 5.41) is 7.28. The maximum Gasteiger partial charge on any atom is 0.254 e. The van der Waals surface area contributed by atoms with E-state index in [1.807, 2.05) is 43.3 Å². The van der Waals surface area contributed by atoms with Crippen molar-refractivity contribution in [2.45, 2.75) is 37.8 Å². The van der Waals surface area contributed by atoms with E-state index in [2.05, 4.69) is 20.6 Å². The van der Waals surface area contributed by atoms with Crippen LogP contribution in [-0.4, -0.2) is 42.1 Å². The molecule has 1 heterocycles. The first-order valence-electron chi connectivity index (χ1n) is 10.4. The van der Waals surface area contributed by atoms with Gasteiger partial charge in [0.1, 0.15) is 17.5 Å². The highest BCUT2D eigenvalue weighted by molar-refractivity contribution is 5.94. The lowest BCUT2D eigenvalue weighted by atomic mass is 9.91. The monoisotopic (exact) mass is 425 g/mol. The summed E-state index contributed by atoms with van der Waals surface area (Å²) >= 11 is 0. The van der Waals surface area contributed by atoms with E-state index in [4.69, 9.17) is 0 Å². The van der Waals surface area contributed by atoms with E-state index in [0.717, 1.165) is 54.5 Å². The van der Waals surface area contributed by atoms with Gasteiger partial charge in [-0.3, -0.25) is 4.79 Å². The van der Waals surface area contributed by atoms with Gasteiger partial charge in [0.25, 0.3) is 5.91 Å². The Morgan fingerprint density at radius 3 is 2.42 bits per heavy atom. The number of rotatable bonds is 5. The average molecular weight is 425 g/mol. The molecule has 162 valence electrons. The lowest BCUT2D eigenvalue weighted by Crippen LogP contribution is -2.40. The van der Waals surface area contributed by atoms with Crippen molar-refractivity contribution in [2.75, 3.05) is 24.3 Å². The molecule has 2 N–H and O–H groups in total. The number of benzene rings is 2. The van der Waals surface area contributed by atoms with Gasteiger partial charge in [0, 0.05) is 37.6 Å². The zero-order chi connectivity index (χ0) is 22.0. The van der Waals surface area contributed by atoms with Crippen molar-refractivity contribution >= 4 is 28.6 Å². The molecule has 1 fully saturated rings. The minimum Gasteiger partial charge on any atom is -0.362 e. The van der Waals surface area contributed by atoms with Gasteiger partial charge in [0.2, 0.25) is 5.95 Å². The molecule has 6 nitrogen and oxygen atoms in total. The predicted octanol–water partition coefficient (Wildman–Crippen LogP) is 4.13. The molecule has 0 atom stereocenters. The number of amides is 1. The Morgan fingerprint density at radius 2 is 1.71 bits per heavy atom. The number of halogens is 2. The summed E-state index contributed by atoms with van der Waals surface area (Å²) in [6.45, 7) is 0. The van der Waals surface area contributed by atoms with Gasteiger partial charge < -0.3 is 15.5 Å². The van der Waals surface area contributed by atoms with Crippen LogP contribution in [0.4, 0.5) is 20.5 Å². The van der Waals surface area contributed by atoms with E-state index >= 15 is 0 Å². The topological polar surface area (TPSA) is 70.2 Å². The summed E-state index contributed by atoms with van der Waals surface area (Å²) in [7, 11) is 3.91. The smallest absolute Gasteiger partial charge is 0.254 e. The van der Waals surface area contributed by atoms with Crippen molar-refractivity contribution in [3.63, 3.8) is 0 Å². The molecule has 2 aromatic carbocycles. The number of carbonyl (C=O) groups excluding carboxylic acids is 1.